The Morgan fingerprint density at radius 1 is 0.404 bits per heavy atom. The van der Waals surface area contributed by atoms with Gasteiger partial charge in [-0.2, -0.15) is 0 Å². The molecule has 2 heterocycles. The molecule has 0 saturated carbocycles. The van der Waals surface area contributed by atoms with Gasteiger partial charge in [0.1, 0.15) is 0 Å². The van der Waals surface area contributed by atoms with Crippen LogP contribution in [0.5, 0.6) is 0 Å². The van der Waals surface area contributed by atoms with Gasteiger partial charge in [-0.3, -0.25) is 0 Å². The van der Waals surface area contributed by atoms with Crippen LogP contribution in [0.25, 0.3) is 11.1 Å². The zero-order chi connectivity index (χ0) is 37.1. The maximum absolute atomic E-state index is 14.2. The summed E-state index contributed by atoms with van der Waals surface area (Å²) >= 11 is 0. The van der Waals surface area contributed by atoms with E-state index in [0.29, 0.717) is 22.3 Å². The predicted octanol–water partition coefficient (Wildman–Crippen LogP) is 8.21. The van der Waals surface area contributed by atoms with Crippen molar-refractivity contribution in [2.75, 3.05) is 26.2 Å². The molecular weight excluding hydrogens is 700 g/mol. The Balaban J connectivity index is 1.10. The standard InChI is InChI=1S/C38H28F8N2O4/c39-27-5-1-23(17-31(27)43)35(24-2-6-28(40)32(44)18-24)21-9-13-47(14-10-21)51-37(49)38(50)52-48-15-11-22(12-16-48)36(25-3-7-29(41)33(45)19-25)26-4-8-30(42)34(46)20-26/h1-8,17-20H,9-16H2. The zero-order valence-electron chi connectivity index (χ0n) is 27.1. The summed E-state index contributed by atoms with van der Waals surface area (Å²) in [7, 11) is 0. The molecule has 0 aliphatic carbocycles. The Labute approximate surface area is 292 Å². The summed E-state index contributed by atoms with van der Waals surface area (Å²) < 4.78 is 111. The van der Waals surface area contributed by atoms with Crippen molar-refractivity contribution in [1.29, 1.82) is 0 Å². The Hall–Kier alpha value is -5.34. The molecule has 0 aromatic heterocycles. The molecule has 2 aliphatic heterocycles. The molecule has 52 heavy (non-hydrogen) atoms. The second-order valence-corrected chi connectivity index (χ2v) is 12.1. The van der Waals surface area contributed by atoms with Crippen LogP contribution in [0, 0.1) is 46.5 Å². The van der Waals surface area contributed by atoms with Crippen molar-refractivity contribution in [2.45, 2.75) is 25.7 Å². The lowest BCUT2D eigenvalue weighted by molar-refractivity contribution is -0.220. The normalized spacial score (nSPS) is 15.4. The lowest BCUT2D eigenvalue weighted by Gasteiger charge is -2.30. The largest absolute Gasteiger partial charge is 0.438 e. The van der Waals surface area contributed by atoms with Crippen molar-refractivity contribution in [2.24, 2.45) is 0 Å². The van der Waals surface area contributed by atoms with E-state index in [-0.39, 0.29) is 74.1 Å². The SMILES string of the molecule is O=C(ON1CCC(=C(c2ccc(F)c(F)c2)c2ccc(F)c(F)c2)CC1)C(=O)ON1CCC(=C(c2ccc(F)c(F)c2)c2ccc(F)c(F)c2)CC1. The molecule has 0 radical (unpaired) electrons. The Bertz CT molecular complexity index is 1840. The molecule has 0 N–H and O–H groups in total. The fourth-order valence-corrected chi connectivity index (χ4v) is 6.26. The van der Waals surface area contributed by atoms with Gasteiger partial charge in [0.25, 0.3) is 0 Å². The summed E-state index contributed by atoms with van der Waals surface area (Å²) in [4.78, 5) is 35.8. The number of hydroxylamine groups is 4. The highest BCUT2D eigenvalue weighted by Crippen LogP contribution is 2.35. The van der Waals surface area contributed by atoms with E-state index in [1.165, 1.54) is 34.4 Å². The number of piperidine rings is 2. The van der Waals surface area contributed by atoms with Crippen LogP contribution >= 0.6 is 0 Å². The Morgan fingerprint density at radius 2 is 0.654 bits per heavy atom. The van der Waals surface area contributed by atoms with Crippen LogP contribution in [0.2, 0.25) is 0 Å². The fourth-order valence-electron chi connectivity index (χ4n) is 6.26. The van der Waals surface area contributed by atoms with Crippen molar-refractivity contribution < 1.29 is 54.4 Å². The van der Waals surface area contributed by atoms with E-state index < -0.39 is 58.5 Å². The predicted molar refractivity (Wildman–Crippen MR) is 171 cm³/mol. The Morgan fingerprint density at radius 3 is 0.885 bits per heavy atom. The number of benzene rings is 4. The minimum absolute atomic E-state index is 0.0693. The second-order valence-electron chi connectivity index (χ2n) is 12.1. The molecule has 6 rings (SSSR count). The summed E-state index contributed by atoms with van der Waals surface area (Å²) in [5.41, 5.74) is 2.97. The highest BCUT2D eigenvalue weighted by atomic mass is 19.2. The topological polar surface area (TPSA) is 59.1 Å². The number of rotatable bonds is 6. The smallest absolute Gasteiger partial charge is 0.359 e. The van der Waals surface area contributed by atoms with Crippen molar-refractivity contribution in [3.05, 3.63) is 153 Å². The quantitative estimate of drug-likeness (QED) is 0.147. The van der Waals surface area contributed by atoms with Crippen molar-refractivity contribution in [3.8, 4) is 0 Å². The number of hydrogen-bond acceptors (Lipinski definition) is 6. The van der Waals surface area contributed by atoms with E-state index in [9.17, 15) is 44.7 Å². The first kappa shape index (κ1) is 36.5. The molecule has 4 aromatic carbocycles. The highest BCUT2D eigenvalue weighted by Gasteiger charge is 2.30. The molecule has 0 atom stereocenters. The Kier molecular flexibility index (Phi) is 10.9. The van der Waals surface area contributed by atoms with Gasteiger partial charge in [-0.1, -0.05) is 35.4 Å². The van der Waals surface area contributed by atoms with E-state index in [0.717, 1.165) is 48.5 Å². The number of carbonyl (C=O) groups is 2. The zero-order valence-corrected chi connectivity index (χ0v) is 27.1. The summed E-state index contributed by atoms with van der Waals surface area (Å²) in [5.74, 6) is -11.5. The van der Waals surface area contributed by atoms with E-state index in [1.54, 1.807) is 0 Å². The molecule has 0 amide bonds. The first-order chi connectivity index (χ1) is 24.9. The van der Waals surface area contributed by atoms with Crippen molar-refractivity contribution in [1.82, 2.24) is 10.1 Å². The molecule has 0 bridgehead atoms. The van der Waals surface area contributed by atoms with Gasteiger partial charge in [0.2, 0.25) is 0 Å². The summed E-state index contributed by atoms with van der Waals surface area (Å²) in [6, 6.07) is 12.8. The van der Waals surface area contributed by atoms with Gasteiger partial charge < -0.3 is 9.68 Å². The molecule has 0 spiro atoms. The number of halogens is 8. The van der Waals surface area contributed by atoms with E-state index in [1.807, 2.05) is 0 Å². The van der Waals surface area contributed by atoms with Gasteiger partial charge in [0, 0.05) is 26.2 Å². The van der Waals surface area contributed by atoms with Crippen LogP contribution < -0.4 is 0 Å². The fraction of sp³-hybridized carbons (Fsp3) is 0.211. The van der Waals surface area contributed by atoms with Gasteiger partial charge in [0.15, 0.2) is 46.5 Å². The first-order valence-electron chi connectivity index (χ1n) is 16.1. The monoisotopic (exact) mass is 728 g/mol. The minimum atomic E-state index is -1.32. The first-order valence-corrected chi connectivity index (χ1v) is 16.1. The van der Waals surface area contributed by atoms with Gasteiger partial charge in [-0.25, -0.2) is 44.7 Å². The maximum Gasteiger partial charge on any atom is 0.438 e. The van der Waals surface area contributed by atoms with Crippen LogP contribution in [0.3, 0.4) is 0 Å². The van der Waals surface area contributed by atoms with E-state index >= 15 is 0 Å². The third kappa shape index (κ3) is 8.08. The average Bonchev–Trinajstić information content (AvgIpc) is 3.12. The molecule has 2 aliphatic rings. The molecule has 2 fully saturated rings. The number of nitrogens with zero attached hydrogens (tertiary/aromatic N) is 2. The third-order valence-corrected chi connectivity index (χ3v) is 8.78. The molecule has 2 saturated heterocycles. The number of hydrogen-bond donors (Lipinski definition) is 0. The molecule has 270 valence electrons. The minimum Gasteiger partial charge on any atom is -0.359 e. The maximum atomic E-state index is 14.2. The molecule has 0 unspecified atom stereocenters. The van der Waals surface area contributed by atoms with Gasteiger partial charge in [-0.15, -0.1) is 10.1 Å². The van der Waals surface area contributed by atoms with Crippen LogP contribution in [0.15, 0.2) is 83.9 Å². The van der Waals surface area contributed by atoms with Crippen LogP contribution in [-0.2, 0) is 19.3 Å². The van der Waals surface area contributed by atoms with Crippen LogP contribution in [-0.4, -0.2) is 48.2 Å². The molecule has 14 heteroatoms. The van der Waals surface area contributed by atoms with Crippen LogP contribution in [0.4, 0.5) is 35.1 Å². The third-order valence-electron chi connectivity index (χ3n) is 8.78. The summed E-state index contributed by atoms with van der Waals surface area (Å²) in [5, 5.41) is 2.43. The van der Waals surface area contributed by atoms with E-state index in [2.05, 4.69) is 0 Å². The van der Waals surface area contributed by atoms with Crippen molar-refractivity contribution in [3.63, 3.8) is 0 Å². The van der Waals surface area contributed by atoms with Gasteiger partial charge in [-0.05, 0) is 108 Å². The summed E-state index contributed by atoms with van der Waals surface area (Å²) in [6.07, 6.45) is 0.814. The van der Waals surface area contributed by atoms with Crippen LogP contribution in [0.1, 0.15) is 47.9 Å². The molecular formula is C38H28F8N2O4. The summed E-state index contributed by atoms with van der Waals surface area (Å²) in [6.45, 7) is 0.277. The lowest BCUT2D eigenvalue weighted by atomic mass is 9.88. The molecule has 4 aromatic rings. The average molecular weight is 729 g/mol. The lowest BCUT2D eigenvalue weighted by Crippen LogP contribution is -2.40. The van der Waals surface area contributed by atoms with E-state index in [4.69, 9.17) is 9.68 Å². The number of carbonyl (C=O) groups excluding carboxylic acids is 2. The van der Waals surface area contributed by atoms with Gasteiger partial charge in [0.05, 0.1) is 0 Å². The van der Waals surface area contributed by atoms with Crippen molar-refractivity contribution >= 4 is 23.1 Å². The second kappa shape index (κ2) is 15.5. The highest BCUT2D eigenvalue weighted by molar-refractivity contribution is 6.29. The van der Waals surface area contributed by atoms with Gasteiger partial charge >= 0.3 is 11.9 Å². The molecule has 6 nitrogen and oxygen atoms in total.